The van der Waals surface area contributed by atoms with Gasteiger partial charge in [-0.25, -0.2) is 0 Å². The van der Waals surface area contributed by atoms with Gasteiger partial charge in [0.25, 0.3) is 10.8 Å². The number of pyridine rings is 1. The minimum atomic E-state index is -0.354. The number of hydrogen-bond donors (Lipinski definition) is 1. The van der Waals surface area contributed by atoms with Gasteiger partial charge in [-0.15, -0.1) is 0 Å². The molecule has 3 rings (SSSR count). The number of nitrogens with zero attached hydrogens (tertiary/aromatic N) is 1. The van der Waals surface area contributed by atoms with Crippen molar-refractivity contribution in [2.45, 2.75) is 18.1 Å². The Morgan fingerprint density at radius 1 is 1.22 bits per heavy atom. The van der Waals surface area contributed by atoms with E-state index in [9.17, 15) is 14.4 Å². The van der Waals surface area contributed by atoms with Gasteiger partial charge in [-0.1, -0.05) is 17.8 Å². The quantitative estimate of drug-likeness (QED) is 0.924. The van der Waals surface area contributed by atoms with Gasteiger partial charge in [-0.05, 0) is 30.5 Å². The number of carbonyl (C=O) groups excluding carboxylic acids is 2. The van der Waals surface area contributed by atoms with Gasteiger partial charge in [0.1, 0.15) is 5.75 Å². The van der Waals surface area contributed by atoms with Gasteiger partial charge in [0.15, 0.2) is 0 Å². The van der Waals surface area contributed by atoms with Crippen molar-refractivity contribution in [2.75, 3.05) is 7.11 Å². The van der Waals surface area contributed by atoms with Crippen molar-refractivity contribution in [1.82, 2.24) is 9.88 Å². The molecule has 23 heavy (non-hydrogen) atoms. The van der Waals surface area contributed by atoms with Gasteiger partial charge in [0.05, 0.1) is 17.9 Å². The number of fused-ring (bicyclic) bond motifs is 1. The third-order valence-corrected chi connectivity index (χ3v) is 5.04. The first-order valence-corrected chi connectivity index (χ1v) is 8.06. The van der Waals surface area contributed by atoms with E-state index in [-0.39, 0.29) is 22.0 Å². The number of ether oxygens (including phenoxy) is 1. The van der Waals surface area contributed by atoms with Crippen LogP contribution in [0.1, 0.15) is 12.0 Å². The summed E-state index contributed by atoms with van der Waals surface area (Å²) in [7, 11) is 3.27. The van der Waals surface area contributed by atoms with Crippen molar-refractivity contribution in [3.8, 4) is 5.75 Å². The van der Waals surface area contributed by atoms with Crippen LogP contribution in [0.2, 0.25) is 0 Å². The summed E-state index contributed by atoms with van der Waals surface area (Å²) >= 11 is 1.03. The fraction of sp³-hybridized carbons (Fsp3) is 0.312. The molecule has 2 aromatic rings. The Hall–Kier alpha value is -2.28. The van der Waals surface area contributed by atoms with Crippen LogP contribution in [0.3, 0.4) is 0 Å². The number of imide groups is 1. The van der Waals surface area contributed by atoms with Crippen molar-refractivity contribution in [3.63, 3.8) is 0 Å². The fourth-order valence-electron chi connectivity index (χ4n) is 2.79. The lowest BCUT2D eigenvalue weighted by atomic mass is 10.0. The molecule has 2 heterocycles. The van der Waals surface area contributed by atoms with E-state index in [0.717, 1.165) is 28.2 Å². The van der Waals surface area contributed by atoms with E-state index in [1.807, 2.05) is 12.1 Å². The van der Waals surface area contributed by atoms with Crippen LogP contribution in [0.5, 0.6) is 5.75 Å². The average Bonchev–Trinajstić information content (AvgIpc) is 2.86. The lowest BCUT2D eigenvalue weighted by Crippen LogP contribution is -2.24. The summed E-state index contributed by atoms with van der Waals surface area (Å²) in [5.41, 5.74) is 1.64. The molecule has 1 aliphatic heterocycles. The first kappa shape index (κ1) is 15.6. The Morgan fingerprint density at radius 3 is 2.65 bits per heavy atom. The fourth-order valence-corrected chi connectivity index (χ4v) is 3.61. The highest BCUT2D eigenvalue weighted by Crippen LogP contribution is 2.30. The minimum absolute atomic E-state index is 0.107. The summed E-state index contributed by atoms with van der Waals surface area (Å²) in [6.07, 6.45) is 1.20. The zero-order chi connectivity index (χ0) is 16.6. The number of hydrogen-bond acceptors (Lipinski definition) is 5. The molecule has 1 N–H and O–H groups in total. The van der Waals surface area contributed by atoms with E-state index in [2.05, 4.69) is 5.32 Å². The molecule has 0 spiro atoms. The van der Waals surface area contributed by atoms with Gasteiger partial charge in [0.2, 0.25) is 5.91 Å². The largest absolute Gasteiger partial charge is 0.495 e. The molecule has 2 amide bonds. The minimum Gasteiger partial charge on any atom is -0.495 e. The number of benzene rings is 1. The predicted octanol–water partition coefficient (Wildman–Crippen LogP) is 1.83. The van der Waals surface area contributed by atoms with E-state index < -0.39 is 0 Å². The molecule has 1 unspecified atom stereocenters. The average molecular weight is 332 g/mol. The molecule has 1 atom stereocenters. The Morgan fingerprint density at radius 2 is 2.00 bits per heavy atom. The van der Waals surface area contributed by atoms with Gasteiger partial charge >= 0.3 is 0 Å². The number of amides is 2. The normalized spacial score (nSPS) is 17.6. The zero-order valence-electron chi connectivity index (χ0n) is 12.8. The van der Waals surface area contributed by atoms with Gasteiger partial charge in [0, 0.05) is 18.5 Å². The van der Waals surface area contributed by atoms with Crippen LogP contribution in [0.25, 0.3) is 10.9 Å². The molecule has 0 bridgehead atoms. The second kappa shape index (κ2) is 6.08. The molecular formula is C16H16N2O4S. The summed E-state index contributed by atoms with van der Waals surface area (Å²) in [5, 5.41) is 2.57. The van der Waals surface area contributed by atoms with E-state index >= 15 is 0 Å². The maximum absolute atomic E-state index is 11.9. The topological polar surface area (TPSA) is 77.4 Å². The molecule has 0 radical (unpaired) electrons. The van der Waals surface area contributed by atoms with E-state index in [0.29, 0.717) is 18.6 Å². The van der Waals surface area contributed by atoms with E-state index in [1.165, 1.54) is 6.07 Å². The second-order valence-electron chi connectivity index (χ2n) is 5.34. The van der Waals surface area contributed by atoms with Gasteiger partial charge < -0.3 is 9.30 Å². The summed E-state index contributed by atoms with van der Waals surface area (Å²) < 4.78 is 6.91. The van der Waals surface area contributed by atoms with Crippen LogP contribution in [-0.4, -0.2) is 28.1 Å². The number of nitrogens with one attached hydrogen (secondary N) is 1. The summed E-state index contributed by atoms with van der Waals surface area (Å²) in [6, 6.07) is 7.06. The highest BCUT2D eigenvalue weighted by atomic mass is 32.2. The van der Waals surface area contributed by atoms with Gasteiger partial charge in [-0.3, -0.25) is 19.7 Å². The molecule has 0 aliphatic carbocycles. The monoisotopic (exact) mass is 332 g/mol. The van der Waals surface area contributed by atoms with Crippen LogP contribution in [0.4, 0.5) is 4.79 Å². The molecule has 1 saturated heterocycles. The van der Waals surface area contributed by atoms with Crippen molar-refractivity contribution >= 4 is 33.8 Å². The predicted molar refractivity (Wildman–Crippen MR) is 89.0 cm³/mol. The second-order valence-corrected chi connectivity index (χ2v) is 6.52. The van der Waals surface area contributed by atoms with Crippen LogP contribution in [0, 0.1) is 0 Å². The number of aromatic nitrogens is 1. The molecule has 120 valence electrons. The van der Waals surface area contributed by atoms with E-state index in [1.54, 1.807) is 24.8 Å². The molecule has 6 nitrogen and oxygen atoms in total. The Bertz CT molecular complexity index is 859. The Kier molecular flexibility index (Phi) is 4.12. The molecule has 0 saturated carbocycles. The van der Waals surface area contributed by atoms with Crippen molar-refractivity contribution < 1.29 is 14.3 Å². The molecule has 7 heteroatoms. The molecule has 1 aromatic carbocycles. The SMILES string of the molecule is COc1ccc(CCC2SC(=O)NC2=O)c2ccc(=O)n(C)c12. The maximum Gasteiger partial charge on any atom is 0.286 e. The van der Waals surface area contributed by atoms with Crippen LogP contribution < -0.4 is 15.6 Å². The zero-order valence-corrected chi connectivity index (χ0v) is 13.6. The standard InChI is InChI=1S/C16H16N2O4S/c1-18-13(19)8-5-10-9(3-6-11(22-2)14(10)18)4-7-12-15(20)17-16(21)23-12/h3,5-6,8,12H,4,7H2,1-2H3,(H,17,20,21). The number of rotatable bonds is 4. The van der Waals surface area contributed by atoms with Crippen LogP contribution >= 0.6 is 11.8 Å². The lowest BCUT2D eigenvalue weighted by Gasteiger charge is -2.14. The summed E-state index contributed by atoms with van der Waals surface area (Å²) in [5.74, 6) is 0.400. The number of methoxy groups -OCH3 is 1. The van der Waals surface area contributed by atoms with Crippen LogP contribution in [-0.2, 0) is 18.3 Å². The molecular weight excluding hydrogens is 316 g/mol. The Labute approximate surface area is 136 Å². The highest BCUT2D eigenvalue weighted by molar-refractivity contribution is 8.15. The first-order chi connectivity index (χ1) is 11.0. The van der Waals surface area contributed by atoms with E-state index in [4.69, 9.17) is 4.74 Å². The maximum atomic E-state index is 11.9. The highest BCUT2D eigenvalue weighted by Gasteiger charge is 2.31. The Balaban J connectivity index is 1.96. The molecule has 1 fully saturated rings. The molecule has 1 aromatic heterocycles. The van der Waals surface area contributed by atoms with Crippen molar-refractivity contribution in [3.05, 3.63) is 40.2 Å². The first-order valence-electron chi connectivity index (χ1n) is 7.18. The third-order valence-electron chi connectivity index (χ3n) is 3.99. The number of aryl methyl sites for hydroxylation is 2. The van der Waals surface area contributed by atoms with Gasteiger partial charge in [-0.2, -0.15) is 0 Å². The van der Waals surface area contributed by atoms with Crippen molar-refractivity contribution in [1.29, 1.82) is 0 Å². The van der Waals surface area contributed by atoms with Crippen molar-refractivity contribution in [2.24, 2.45) is 7.05 Å². The third kappa shape index (κ3) is 2.84. The molecule has 1 aliphatic rings. The number of thioether (sulfide) groups is 1. The van der Waals surface area contributed by atoms with Crippen LogP contribution in [0.15, 0.2) is 29.1 Å². The number of carbonyl (C=O) groups is 2. The smallest absolute Gasteiger partial charge is 0.286 e. The summed E-state index contributed by atoms with van der Waals surface area (Å²) in [4.78, 5) is 34.8. The lowest BCUT2D eigenvalue weighted by molar-refractivity contribution is -0.119. The summed E-state index contributed by atoms with van der Waals surface area (Å²) in [6.45, 7) is 0.